The molecule has 2 atom stereocenters. The molecule has 3 fully saturated rings. The molecule has 0 spiro atoms. The molecule has 2 N–H and O–H groups in total. The van der Waals surface area contributed by atoms with Gasteiger partial charge in [0, 0.05) is 4.88 Å². The number of amides is 1. The van der Waals surface area contributed by atoms with Gasteiger partial charge in [-0.3, -0.25) is 9.59 Å². The second-order valence-electron chi connectivity index (χ2n) is 8.60. The molecule has 158 valence electrons. The van der Waals surface area contributed by atoms with E-state index in [0.717, 1.165) is 68.2 Å². The van der Waals surface area contributed by atoms with E-state index < -0.39 is 17.8 Å². The smallest absolute Gasteiger partial charge is 0.341 e. The van der Waals surface area contributed by atoms with Crippen molar-refractivity contribution in [2.24, 2.45) is 23.7 Å². The van der Waals surface area contributed by atoms with E-state index in [-0.39, 0.29) is 23.7 Å². The number of fused-ring (bicyclic) bond motifs is 4. The molecule has 4 aliphatic carbocycles. The predicted octanol–water partition coefficient (Wildman–Crippen LogP) is 4.27. The fourth-order valence-corrected chi connectivity index (χ4v) is 6.79. The lowest BCUT2D eigenvalue weighted by atomic mass is 9.58. The van der Waals surface area contributed by atoms with E-state index in [4.69, 9.17) is 4.74 Å². The quantitative estimate of drug-likeness (QED) is 0.672. The molecule has 1 aromatic heterocycles. The van der Waals surface area contributed by atoms with Gasteiger partial charge in [0.25, 0.3) is 0 Å². The fraction of sp³-hybridized carbons (Fsp3) is 0.682. The minimum Gasteiger partial charge on any atom is -0.481 e. The molecule has 6 nitrogen and oxygen atoms in total. The van der Waals surface area contributed by atoms with Crippen molar-refractivity contribution < 1.29 is 24.2 Å². The highest BCUT2D eigenvalue weighted by Gasteiger charge is 2.50. The van der Waals surface area contributed by atoms with Gasteiger partial charge in [0.15, 0.2) is 0 Å². The van der Waals surface area contributed by atoms with E-state index in [2.05, 4.69) is 5.32 Å². The second kappa shape index (κ2) is 8.46. The highest BCUT2D eigenvalue weighted by atomic mass is 32.1. The molecule has 7 heteroatoms. The standard InChI is InChI=1S/C22H29NO5S/c1-2-11-28-22(27)18-14-5-3-4-6-15(14)29-20(18)23-19(24)16-12-7-9-13(10-8-12)17(16)21(25)26/h12-13,16-17H,2-11H2,1H3,(H,23,24)(H,25,26). The number of carboxylic acid groups (broad SMARTS) is 1. The summed E-state index contributed by atoms with van der Waals surface area (Å²) in [6, 6.07) is 0. The third kappa shape index (κ3) is 3.81. The zero-order chi connectivity index (χ0) is 20.5. The van der Waals surface area contributed by atoms with Crippen LogP contribution in [-0.4, -0.2) is 29.6 Å². The van der Waals surface area contributed by atoms with Crippen molar-refractivity contribution in [3.05, 3.63) is 16.0 Å². The normalized spacial score (nSPS) is 27.9. The molecule has 29 heavy (non-hydrogen) atoms. The van der Waals surface area contributed by atoms with Crippen LogP contribution in [0.5, 0.6) is 0 Å². The van der Waals surface area contributed by atoms with Crippen LogP contribution in [0.1, 0.15) is 72.7 Å². The Hall–Kier alpha value is -1.89. The monoisotopic (exact) mass is 419 g/mol. The van der Waals surface area contributed by atoms with Crippen molar-refractivity contribution in [1.82, 2.24) is 0 Å². The van der Waals surface area contributed by atoms with Crippen LogP contribution >= 0.6 is 11.3 Å². The highest BCUT2D eigenvalue weighted by Crippen LogP contribution is 2.50. The summed E-state index contributed by atoms with van der Waals surface area (Å²) in [5.74, 6) is -2.42. The Morgan fingerprint density at radius 2 is 1.72 bits per heavy atom. The molecular formula is C22H29NO5S. The van der Waals surface area contributed by atoms with Crippen LogP contribution in [0.2, 0.25) is 0 Å². The van der Waals surface area contributed by atoms with Crippen LogP contribution < -0.4 is 5.32 Å². The number of carbonyl (C=O) groups excluding carboxylic acids is 2. The summed E-state index contributed by atoms with van der Waals surface area (Å²) in [6.07, 6.45) is 8.21. The number of aryl methyl sites for hydroxylation is 1. The van der Waals surface area contributed by atoms with Gasteiger partial charge in [-0.05, 0) is 75.2 Å². The van der Waals surface area contributed by atoms with E-state index in [0.29, 0.717) is 17.2 Å². The van der Waals surface area contributed by atoms with Gasteiger partial charge in [0.05, 0.1) is 24.0 Å². The van der Waals surface area contributed by atoms with E-state index in [9.17, 15) is 19.5 Å². The molecule has 2 unspecified atom stereocenters. The van der Waals surface area contributed by atoms with Gasteiger partial charge in [0.1, 0.15) is 5.00 Å². The lowest BCUT2D eigenvalue weighted by Crippen LogP contribution is -2.49. The number of esters is 1. The minimum absolute atomic E-state index is 0.0822. The maximum absolute atomic E-state index is 13.3. The van der Waals surface area contributed by atoms with Crippen molar-refractivity contribution in [1.29, 1.82) is 0 Å². The summed E-state index contributed by atoms with van der Waals surface area (Å²) in [5.41, 5.74) is 1.51. The summed E-state index contributed by atoms with van der Waals surface area (Å²) in [4.78, 5) is 39.1. The number of carbonyl (C=O) groups is 3. The highest BCUT2D eigenvalue weighted by molar-refractivity contribution is 7.17. The number of aliphatic carboxylic acids is 1. The second-order valence-corrected chi connectivity index (χ2v) is 9.71. The average molecular weight is 420 g/mol. The molecule has 3 saturated carbocycles. The van der Waals surface area contributed by atoms with Crippen molar-refractivity contribution >= 4 is 34.2 Å². The number of thiophene rings is 1. The molecule has 4 aliphatic rings. The Balaban J connectivity index is 1.61. The first-order valence-electron chi connectivity index (χ1n) is 10.9. The van der Waals surface area contributed by atoms with Crippen molar-refractivity contribution in [2.75, 3.05) is 11.9 Å². The number of ether oxygens (including phenoxy) is 1. The van der Waals surface area contributed by atoms with Crippen molar-refractivity contribution in [3.8, 4) is 0 Å². The topological polar surface area (TPSA) is 92.7 Å². The van der Waals surface area contributed by atoms with Crippen molar-refractivity contribution in [3.63, 3.8) is 0 Å². The first kappa shape index (κ1) is 20.4. The van der Waals surface area contributed by atoms with Gasteiger partial charge in [-0.2, -0.15) is 0 Å². The first-order valence-corrected chi connectivity index (χ1v) is 11.7. The molecule has 5 rings (SSSR count). The molecule has 1 heterocycles. The Morgan fingerprint density at radius 3 is 2.38 bits per heavy atom. The van der Waals surface area contributed by atoms with Crippen LogP contribution in [-0.2, 0) is 27.2 Å². The SMILES string of the molecule is CCCOC(=O)c1c(NC(=O)C2C3CCC(CC3)C2C(=O)O)sc2c1CCCC2. The number of hydrogen-bond donors (Lipinski definition) is 2. The Labute approximate surface area is 175 Å². The van der Waals surface area contributed by atoms with E-state index in [1.807, 2.05) is 6.92 Å². The summed E-state index contributed by atoms with van der Waals surface area (Å²) < 4.78 is 5.40. The van der Waals surface area contributed by atoms with Crippen LogP contribution in [0.4, 0.5) is 5.00 Å². The molecule has 0 radical (unpaired) electrons. The maximum atomic E-state index is 13.3. The molecule has 2 bridgehead atoms. The van der Waals surface area contributed by atoms with Crippen molar-refractivity contribution in [2.45, 2.75) is 64.7 Å². The number of anilines is 1. The fourth-order valence-electron chi connectivity index (χ4n) is 5.51. The van der Waals surface area contributed by atoms with E-state index in [1.54, 1.807) is 0 Å². The number of rotatable bonds is 6. The number of nitrogens with one attached hydrogen (secondary N) is 1. The zero-order valence-electron chi connectivity index (χ0n) is 16.9. The Bertz CT molecular complexity index is 808. The summed E-state index contributed by atoms with van der Waals surface area (Å²) >= 11 is 1.47. The van der Waals surface area contributed by atoms with Gasteiger partial charge in [-0.1, -0.05) is 6.92 Å². The van der Waals surface area contributed by atoms with E-state index >= 15 is 0 Å². The summed E-state index contributed by atoms with van der Waals surface area (Å²) in [5, 5.41) is 13.3. The average Bonchev–Trinajstić information content (AvgIpc) is 3.09. The van der Waals surface area contributed by atoms with Gasteiger partial charge in [0.2, 0.25) is 5.91 Å². The van der Waals surface area contributed by atoms with Crippen LogP contribution in [0.15, 0.2) is 0 Å². The molecular weight excluding hydrogens is 390 g/mol. The Morgan fingerprint density at radius 1 is 1.07 bits per heavy atom. The summed E-state index contributed by atoms with van der Waals surface area (Å²) in [6.45, 7) is 2.30. The predicted molar refractivity (Wildman–Crippen MR) is 110 cm³/mol. The van der Waals surface area contributed by atoms with Crippen LogP contribution in [0.25, 0.3) is 0 Å². The minimum atomic E-state index is -0.868. The molecule has 0 aromatic carbocycles. The number of carboxylic acids is 1. The maximum Gasteiger partial charge on any atom is 0.341 e. The van der Waals surface area contributed by atoms with Crippen LogP contribution in [0, 0.1) is 23.7 Å². The molecule has 1 amide bonds. The largest absolute Gasteiger partial charge is 0.481 e. The summed E-state index contributed by atoms with van der Waals surface area (Å²) in [7, 11) is 0. The van der Waals surface area contributed by atoms with Gasteiger partial charge >= 0.3 is 11.9 Å². The van der Waals surface area contributed by atoms with Crippen LogP contribution in [0.3, 0.4) is 0 Å². The number of hydrogen-bond acceptors (Lipinski definition) is 5. The van der Waals surface area contributed by atoms with Gasteiger partial charge in [-0.15, -0.1) is 11.3 Å². The molecule has 0 saturated heterocycles. The lowest BCUT2D eigenvalue weighted by Gasteiger charge is -2.45. The van der Waals surface area contributed by atoms with Gasteiger partial charge in [-0.25, -0.2) is 4.79 Å². The first-order chi connectivity index (χ1) is 14.0. The Kier molecular flexibility index (Phi) is 5.95. The van der Waals surface area contributed by atoms with E-state index in [1.165, 1.54) is 11.3 Å². The zero-order valence-corrected chi connectivity index (χ0v) is 17.7. The third-order valence-corrected chi connectivity index (χ3v) is 8.06. The molecule has 1 aromatic rings. The van der Waals surface area contributed by atoms with Gasteiger partial charge < -0.3 is 15.2 Å². The molecule has 0 aliphatic heterocycles. The lowest BCUT2D eigenvalue weighted by molar-refractivity contribution is -0.156. The third-order valence-electron chi connectivity index (χ3n) is 6.86.